The SMILES string of the molecule is CCNC(C)CCCOc1ccc(OC)cc1. The second-order valence-corrected chi connectivity index (χ2v) is 4.12. The Morgan fingerprint density at radius 1 is 1.18 bits per heavy atom. The summed E-state index contributed by atoms with van der Waals surface area (Å²) in [6.45, 7) is 6.13. The lowest BCUT2D eigenvalue weighted by Crippen LogP contribution is -2.25. The average molecular weight is 237 g/mol. The fourth-order valence-electron chi connectivity index (χ4n) is 1.70. The van der Waals surface area contributed by atoms with Gasteiger partial charge in [-0.15, -0.1) is 0 Å². The molecule has 0 aliphatic carbocycles. The molecule has 0 spiro atoms. The Labute approximate surface area is 104 Å². The molecule has 0 amide bonds. The van der Waals surface area contributed by atoms with Gasteiger partial charge in [0.25, 0.3) is 0 Å². The predicted molar refractivity (Wildman–Crippen MR) is 70.9 cm³/mol. The van der Waals surface area contributed by atoms with E-state index in [1.54, 1.807) is 7.11 Å². The van der Waals surface area contributed by atoms with E-state index in [9.17, 15) is 0 Å². The minimum atomic E-state index is 0.569. The highest BCUT2D eigenvalue weighted by Gasteiger charge is 2.00. The van der Waals surface area contributed by atoms with Crippen LogP contribution in [0.1, 0.15) is 26.7 Å². The quantitative estimate of drug-likeness (QED) is 0.705. The van der Waals surface area contributed by atoms with Gasteiger partial charge in [0.2, 0.25) is 0 Å². The van der Waals surface area contributed by atoms with Gasteiger partial charge in [-0.3, -0.25) is 0 Å². The van der Waals surface area contributed by atoms with Gasteiger partial charge < -0.3 is 14.8 Å². The van der Waals surface area contributed by atoms with Gasteiger partial charge in [-0.05, 0) is 50.6 Å². The third-order valence-corrected chi connectivity index (χ3v) is 2.66. The van der Waals surface area contributed by atoms with Gasteiger partial charge in [-0.2, -0.15) is 0 Å². The summed E-state index contributed by atoms with van der Waals surface area (Å²) in [7, 11) is 1.66. The third-order valence-electron chi connectivity index (χ3n) is 2.66. The van der Waals surface area contributed by atoms with Crippen LogP contribution in [-0.2, 0) is 0 Å². The normalized spacial score (nSPS) is 12.2. The Balaban J connectivity index is 2.17. The van der Waals surface area contributed by atoms with E-state index in [2.05, 4.69) is 19.2 Å². The van der Waals surface area contributed by atoms with Gasteiger partial charge in [0.05, 0.1) is 13.7 Å². The highest BCUT2D eigenvalue weighted by molar-refractivity contribution is 5.31. The van der Waals surface area contributed by atoms with Gasteiger partial charge in [-0.1, -0.05) is 6.92 Å². The molecule has 1 unspecified atom stereocenters. The standard InChI is InChI=1S/C14H23NO2/c1-4-15-12(2)6-5-11-17-14-9-7-13(16-3)8-10-14/h7-10,12,15H,4-6,11H2,1-3H3. The van der Waals surface area contributed by atoms with E-state index >= 15 is 0 Å². The van der Waals surface area contributed by atoms with Crippen LogP contribution >= 0.6 is 0 Å². The van der Waals surface area contributed by atoms with Gasteiger partial charge in [0, 0.05) is 6.04 Å². The Morgan fingerprint density at radius 2 is 1.82 bits per heavy atom. The van der Waals surface area contributed by atoms with Gasteiger partial charge >= 0.3 is 0 Å². The zero-order valence-corrected chi connectivity index (χ0v) is 11.0. The van der Waals surface area contributed by atoms with E-state index in [1.165, 1.54) is 0 Å². The van der Waals surface area contributed by atoms with E-state index < -0.39 is 0 Å². The molecule has 0 saturated carbocycles. The van der Waals surface area contributed by atoms with Crippen molar-refractivity contribution < 1.29 is 9.47 Å². The zero-order chi connectivity index (χ0) is 12.5. The van der Waals surface area contributed by atoms with Crippen molar-refractivity contribution in [1.29, 1.82) is 0 Å². The van der Waals surface area contributed by atoms with Gasteiger partial charge in [-0.25, -0.2) is 0 Å². The first-order chi connectivity index (χ1) is 8.26. The fourth-order valence-corrected chi connectivity index (χ4v) is 1.70. The Morgan fingerprint density at radius 3 is 2.41 bits per heavy atom. The number of methoxy groups -OCH3 is 1. The summed E-state index contributed by atoms with van der Waals surface area (Å²) >= 11 is 0. The van der Waals surface area contributed by atoms with Crippen LogP contribution < -0.4 is 14.8 Å². The molecule has 0 aliphatic heterocycles. The largest absolute Gasteiger partial charge is 0.497 e. The summed E-state index contributed by atoms with van der Waals surface area (Å²) in [5, 5.41) is 3.39. The Kier molecular flexibility index (Phi) is 6.48. The molecule has 17 heavy (non-hydrogen) atoms. The highest BCUT2D eigenvalue weighted by atomic mass is 16.5. The molecule has 96 valence electrons. The number of benzene rings is 1. The van der Waals surface area contributed by atoms with E-state index in [1.807, 2.05) is 24.3 Å². The molecule has 1 aromatic carbocycles. The van der Waals surface area contributed by atoms with Crippen LogP contribution in [0.25, 0.3) is 0 Å². The van der Waals surface area contributed by atoms with E-state index in [-0.39, 0.29) is 0 Å². The first kappa shape index (κ1) is 13.8. The molecule has 0 aliphatic rings. The number of hydrogen-bond acceptors (Lipinski definition) is 3. The molecular formula is C14H23NO2. The smallest absolute Gasteiger partial charge is 0.119 e. The van der Waals surface area contributed by atoms with Crippen molar-refractivity contribution in [3.63, 3.8) is 0 Å². The maximum atomic E-state index is 5.65. The molecule has 1 aromatic rings. The average Bonchev–Trinajstić information content (AvgIpc) is 2.36. The minimum absolute atomic E-state index is 0.569. The second kappa shape index (κ2) is 7.96. The molecule has 3 heteroatoms. The van der Waals surface area contributed by atoms with Crippen LogP contribution in [0.5, 0.6) is 11.5 Å². The van der Waals surface area contributed by atoms with Gasteiger partial charge in [0.1, 0.15) is 11.5 Å². The molecule has 0 saturated heterocycles. The van der Waals surface area contributed by atoms with Crippen LogP contribution in [0.3, 0.4) is 0 Å². The fraction of sp³-hybridized carbons (Fsp3) is 0.571. The number of nitrogens with one attached hydrogen (secondary N) is 1. The van der Waals surface area contributed by atoms with Crippen molar-refractivity contribution in [2.45, 2.75) is 32.7 Å². The number of hydrogen-bond donors (Lipinski definition) is 1. The zero-order valence-electron chi connectivity index (χ0n) is 11.0. The Bertz CT molecular complexity index is 298. The molecule has 3 nitrogen and oxygen atoms in total. The van der Waals surface area contributed by atoms with Crippen LogP contribution in [-0.4, -0.2) is 26.3 Å². The van der Waals surface area contributed by atoms with Crippen LogP contribution in [0.4, 0.5) is 0 Å². The summed E-state index contributed by atoms with van der Waals surface area (Å²) in [6.07, 6.45) is 2.21. The number of rotatable bonds is 8. The summed E-state index contributed by atoms with van der Waals surface area (Å²) in [4.78, 5) is 0. The highest BCUT2D eigenvalue weighted by Crippen LogP contribution is 2.17. The molecule has 0 aromatic heterocycles. The summed E-state index contributed by atoms with van der Waals surface area (Å²) < 4.78 is 10.7. The molecule has 0 radical (unpaired) electrons. The van der Waals surface area contributed by atoms with Crippen molar-refractivity contribution in [3.8, 4) is 11.5 Å². The first-order valence-corrected chi connectivity index (χ1v) is 6.26. The van der Waals surface area contributed by atoms with Crippen molar-refractivity contribution in [2.24, 2.45) is 0 Å². The van der Waals surface area contributed by atoms with Gasteiger partial charge in [0.15, 0.2) is 0 Å². The van der Waals surface area contributed by atoms with Crippen LogP contribution in [0.15, 0.2) is 24.3 Å². The summed E-state index contributed by atoms with van der Waals surface area (Å²) in [6, 6.07) is 8.27. The second-order valence-electron chi connectivity index (χ2n) is 4.12. The molecule has 1 atom stereocenters. The first-order valence-electron chi connectivity index (χ1n) is 6.26. The molecule has 1 N–H and O–H groups in total. The van der Waals surface area contributed by atoms with Crippen molar-refractivity contribution >= 4 is 0 Å². The summed E-state index contributed by atoms with van der Waals surface area (Å²) in [5.41, 5.74) is 0. The minimum Gasteiger partial charge on any atom is -0.497 e. The lowest BCUT2D eigenvalue weighted by molar-refractivity contribution is 0.298. The van der Waals surface area contributed by atoms with E-state index in [0.717, 1.165) is 37.5 Å². The molecular weight excluding hydrogens is 214 g/mol. The molecule has 0 bridgehead atoms. The molecule has 0 fully saturated rings. The number of ether oxygens (including phenoxy) is 2. The Hall–Kier alpha value is -1.22. The van der Waals surface area contributed by atoms with Crippen molar-refractivity contribution in [1.82, 2.24) is 5.32 Å². The van der Waals surface area contributed by atoms with E-state index in [0.29, 0.717) is 6.04 Å². The third kappa shape index (κ3) is 5.59. The summed E-state index contributed by atoms with van der Waals surface area (Å²) in [5.74, 6) is 1.76. The monoisotopic (exact) mass is 237 g/mol. The topological polar surface area (TPSA) is 30.5 Å². The molecule has 0 heterocycles. The molecule has 1 rings (SSSR count). The maximum absolute atomic E-state index is 5.65. The van der Waals surface area contributed by atoms with Crippen molar-refractivity contribution in [3.05, 3.63) is 24.3 Å². The maximum Gasteiger partial charge on any atom is 0.119 e. The van der Waals surface area contributed by atoms with Crippen LogP contribution in [0.2, 0.25) is 0 Å². The lowest BCUT2D eigenvalue weighted by Gasteiger charge is -2.12. The van der Waals surface area contributed by atoms with E-state index in [4.69, 9.17) is 9.47 Å². The predicted octanol–water partition coefficient (Wildman–Crippen LogP) is 2.85. The van der Waals surface area contributed by atoms with Crippen molar-refractivity contribution in [2.75, 3.05) is 20.3 Å². The lowest BCUT2D eigenvalue weighted by atomic mass is 10.2. The van der Waals surface area contributed by atoms with Crippen LogP contribution in [0, 0.1) is 0 Å².